The third kappa shape index (κ3) is 4.54. The Bertz CT molecular complexity index is 589. The molecule has 7 heteroatoms. The van der Waals surface area contributed by atoms with E-state index < -0.39 is 0 Å². The lowest BCUT2D eigenvalue weighted by molar-refractivity contribution is -0.134. The standard InChI is InChI=1S/C16H23N3O3S/c1-11(20)17-10-13-4-5-14(23-13)16(22)19-8-6-12(7-9-19)15(21)18(2)3/h4-5,12H,6-10H2,1-3H3,(H,17,20). The number of likely N-dealkylation sites (tertiary alicyclic amines) is 1. The van der Waals surface area contributed by atoms with Gasteiger partial charge in [-0.3, -0.25) is 14.4 Å². The molecule has 1 aliphatic heterocycles. The smallest absolute Gasteiger partial charge is 0.263 e. The van der Waals surface area contributed by atoms with Crippen molar-refractivity contribution in [3.63, 3.8) is 0 Å². The van der Waals surface area contributed by atoms with E-state index in [9.17, 15) is 14.4 Å². The van der Waals surface area contributed by atoms with E-state index in [1.165, 1.54) is 18.3 Å². The zero-order valence-electron chi connectivity index (χ0n) is 13.8. The monoisotopic (exact) mass is 337 g/mol. The molecule has 1 N–H and O–H groups in total. The molecule has 1 aliphatic rings. The van der Waals surface area contributed by atoms with Crippen LogP contribution in [0.4, 0.5) is 0 Å². The lowest BCUT2D eigenvalue weighted by Crippen LogP contribution is -2.42. The Hall–Kier alpha value is -1.89. The van der Waals surface area contributed by atoms with Gasteiger partial charge in [0.1, 0.15) is 0 Å². The average molecular weight is 337 g/mol. The summed E-state index contributed by atoms with van der Waals surface area (Å²) in [6, 6.07) is 3.68. The Morgan fingerprint density at radius 3 is 2.48 bits per heavy atom. The Labute approximate surface area is 140 Å². The number of carbonyl (C=O) groups excluding carboxylic acids is 3. The lowest BCUT2D eigenvalue weighted by atomic mass is 9.95. The van der Waals surface area contributed by atoms with Crippen molar-refractivity contribution in [2.75, 3.05) is 27.2 Å². The molecule has 1 saturated heterocycles. The maximum Gasteiger partial charge on any atom is 0.263 e. The zero-order valence-corrected chi connectivity index (χ0v) is 14.6. The van der Waals surface area contributed by atoms with Crippen molar-refractivity contribution >= 4 is 29.1 Å². The lowest BCUT2D eigenvalue weighted by Gasteiger charge is -2.32. The number of nitrogens with one attached hydrogen (secondary N) is 1. The fourth-order valence-electron chi connectivity index (χ4n) is 2.65. The second-order valence-corrected chi connectivity index (χ2v) is 7.14. The molecule has 1 aromatic heterocycles. The third-order valence-electron chi connectivity index (χ3n) is 3.96. The zero-order chi connectivity index (χ0) is 17.0. The van der Waals surface area contributed by atoms with Crippen molar-refractivity contribution in [2.24, 2.45) is 5.92 Å². The van der Waals surface area contributed by atoms with Crippen molar-refractivity contribution in [2.45, 2.75) is 26.3 Å². The first-order valence-electron chi connectivity index (χ1n) is 7.72. The Morgan fingerprint density at radius 2 is 1.91 bits per heavy atom. The first-order valence-corrected chi connectivity index (χ1v) is 8.53. The van der Waals surface area contributed by atoms with Crippen molar-refractivity contribution in [1.82, 2.24) is 15.1 Å². The van der Waals surface area contributed by atoms with Gasteiger partial charge in [0, 0.05) is 44.9 Å². The summed E-state index contributed by atoms with van der Waals surface area (Å²) in [5.74, 6) is 0.0947. The van der Waals surface area contributed by atoms with Gasteiger partial charge in [-0.2, -0.15) is 0 Å². The summed E-state index contributed by atoms with van der Waals surface area (Å²) in [5, 5.41) is 2.73. The van der Waals surface area contributed by atoms with Crippen LogP contribution >= 0.6 is 11.3 Å². The van der Waals surface area contributed by atoms with E-state index in [0.29, 0.717) is 37.4 Å². The number of rotatable bonds is 4. The number of piperidine rings is 1. The van der Waals surface area contributed by atoms with Crippen LogP contribution in [-0.4, -0.2) is 54.7 Å². The average Bonchev–Trinajstić information content (AvgIpc) is 3.00. The number of thiophene rings is 1. The highest BCUT2D eigenvalue weighted by Gasteiger charge is 2.29. The maximum absolute atomic E-state index is 12.5. The Kier molecular flexibility index (Phi) is 5.76. The minimum Gasteiger partial charge on any atom is -0.351 e. The molecule has 0 aliphatic carbocycles. The van der Waals surface area contributed by atoms with Crippen LogP contribution < -0.4 is 5.32 Å². The quantitative estimate of drug-likeness (QED) is 0.901. The minimum absolute atomic E-state index is 0.0137. The Balaban J connectivity index is 1.90. The highest BCUT2D eigenvalue weighted by Crippen LogP contribution is 2.23. The molecule has 1 fully saturated rings. The van der Waals surface area contributed by atoms with Gasteiger partial charge in [-0.15, -0.1) is 11.3 Å². The highest BCUT2D eigenvalue weighted by atomic mass is 32.1. The Morgan fingerprint density at radius 1 is 1.26 bits per heavy atom. The molecular formula is C16H23N3O3S. The van der Waals surface area contributed by atoms with Gasteiger partial charge in [-0.1, -0.05) is 0 Å². The molecule has 2 heterocycles. The largest absolute Gasteiger partial charge is 0.351 e. The van der Waals surface area contributed by atoms with Crippen LogP contribution in [0.25, 0.3) is 0 Å². The van der Waals surface area contributed by atoms with Crippen molar-refractivity contribution in [1.29, 1.82) is 0 Å². The van der Waals surface area contributed by atoms with Crippen LogP contribution in [0.1, 0.15) is 34.3 Å². The molecule has 0 bridgehead atoms. The summed E-state index contributed by atoms with van der Waals surface area (Å²) < 4.78 is 0. The van der Waals surface area contributed by atoms with Gasteiger partial charge >= 0.3 is 0 Å². The summed E-state index contributed by atoms with van der Waals surface area (Å²) in [7, 11) is 3.53. The van der Waals surface area contributed by atoms with Crippen LogP contribution in [0, 0.1) is 5.92 Å². The second kappa shape index (κ2) is 7.59. The van der Waals surface area contributed by atoms with Crippen molar-refractivity contribution in [3.8, 4) is 0 Å². The van der Waals surface area contributed by atoms with Gasteiger partial charge in [0.05, 0.1) is 11.4 Å². The number of hydrogen-bond acceptors (Lipinski definition) is 4. The molecule has 1 aromatic rings. The van der Waals surface area contributed by atoms with E-state index >= 15 is 0 Å². The summed E-state index contributed by atoms with van der Waals surface area (Å²) in [6.45, 7) is 3.15. The van der Waals surface area contributed by atoms with E-state index in [1.54, 1.807) is 25.1 Å². The van der Waals surface area contributed by atoms with E-state index in [1.807, 2.05) is 11.0 Å². The van der Waals surface area contributed by atoms with Crippen molar-refractivity contribution < 1.29 is 14.4 Å². The number of nitrogens with zero attached hydrogens (tertiary/aromatic N) is 2. The molecule has 0 atom stereocenters. The fraction of sp³-hybridized carbons (Fsp3) is 0.562. The minimum atomic E-state index is -0.0843. The molecule has 3 amide bonds. The summed E-state index contributed by atoms with van der Waals surface area (Å²) in [5.41, 5.74) is 0. The fourth-order valence-corrected chi connectivity index (χ4v) is 3.57. The van der Waals surface area contributed by atoms with Gasteiger partial charge in [0.15, 0.2) is 0 Å². The maximum atomic E-state index is 12.5. The van der Waals surface area contributed by atoms with Gasteiger partial charge in [0.2, 0.25) is 11.8 Å². The molecule has 2 rings (SSSR count). The number of amides is 3. The molecule has 126 valence electrons. The molecule has 0 spiro atoms. The van der Waals surface area contributed by atoms with Gasteiger partial charge < -0.3 is 15.1 Å². The van der Waals surface area contributed by atoms with E-state index in [-0.39, 0.29) is 23.6 Å². The van der Waals surface area contributed by atoms with E-state index in [4.69, 9.17) is 0 Å². The topological polar surface area (TPSA) is 69.7 Å². The van der Waals surface area contributed by atoms with Gasteiger partial charge in [-0.25, -0.2) is 0 Å². The van der Waals surface area contributed by atoms with Gasteiger partial charge in [0.25, 0.3) is 5.91 Å². The van der Waals surface area contributed by atoms with Crippen LogP contribution in [0.2, 0.25) is 0 Å². The van der Waals surface area contributed by atoms with E-state index in [2.05, 4.69) is 5.32 Å². The highest BCUT2D eigenvalue weighted by molar-refractivity contribution is 7.14. The van der Waals surface area contributed by atoms with Gasteiger partial charge in [-0.05, 0) is 25.0 Å². The first-order chi connectivity index (χ1) is 10.9. The summed E-state index contributed by atoms with van der Waals surface area (Å²) >= 11 is 1.41. The van der Waals surface area contributed by atoms with Crippen LogP contribution in [0.3, 0.4) is 0 Å². The SMILES string of the molecule is CC(=O)NCc1ccc(C(=O)N2CCC(C(=O)N(C)C)CC2)s1. The molecule has 0 radical (unpaired) electrons. The molecule has 23 heavy (non-hydrogen) atoms. The summed E-state index contributed by atoms with van der Waals surface area (Å²) in [4.78, 5) is 40.5. The molecule has 0 aromatic carbocycles. The van der Waals surface area contributed by atoms with Crippen LogP contribution in [-0.2, 0) is 16.1 Å². The number of hydrogen-bond donors (Lipinski definition) is 1. The molecule has 0 saturated carbocycles. The van der Waals surface area contributed by atoms with Crippen LogP contribution in [0.5, 0.6) is 0 Å². The van der Waals surface area contributed by atoms with E-state index in [0.717, 1.165) is 4.88 Å². The predicted molar refractivity (Wildman–Crippen MR) is 89.2 cm³/mol. The number of carbonyl (C=O) groups is 3. The molecule has 6 nitrogen and oxygen atoms in total. The normalized spacial score (nSPS) is 15.3. The molecule has 0 unspecified atom stereocenters. The van der Waals surface area contributed by atoms with Crippen molar-refractivity contribution in [3.05, 3.63) is 21.9 Å². The second-order valence-electron chi connectivity index (χ2n) is 5.97. The molecular weight excluding hydrogens is 314 g/mol. The third-order valence-corrected chi connectivity index (χ3v) is 5.03. The van der Waals surface area contributed by atoms with Crippen LogP contribution in [0.15, 0.2) is 12.1 Å². The predicted octanol–water partition coefficient (Wildman–Crippen LogP) is 1.32. The first kappa shape index (κ1) is 17.5. The summed E-state index contributed by atoms with van der Waals surface area (Å²) in [6.07, 6.45) is 1.43.